The lowest BCUT2D eigenvalue weighted by Gasteiger charge is -2.21. The highest BCUT2D eigenvalue weighted by molar-refractivity contribution is 5.77. The number of rotatable bonds is 4. The highest BCUT2D eigenvalue weighted by Crippen LogP contribution is 2.35. The first kappa shape index (κ1) is 14.0. The summed E-state index contributed by atoms with van der Waals surface area (Å²) in [6.07, 6.45) is 4.97. The number of hydrogen-bond donors (Lipinski definition) is 1. The van der Waals surface area contributed by atoms with Gasteiger partial charge in [-0.1, -0.05) is 6.07 Å². The first-order valence-electron chi connectivity index (χ1n) is 7.54. The summed E-state index contributed by atoms with van der Waals surface area (Å²) in [5.74, 6) is 1.54. The van der Waals surface area contributed by atoms with Gasteiger partial charge in [-0.15, -0.1) is 0 Å². The van der Waals surface area contributed by atoms with Crippen LogP contribution in [-0.4, -0.2) is 37.7 Å². The Kier molecular flexibility index (Phi) is 3.90. The molecule has 0 bridgehead atoms. The number of hydrogen-bond acceptors (Lipinski definition) is 3. The van der Waals surface area contributed by atoms with Gasteiger partial charge in [-0.3, -0.25) is 0 Å². The molecule has 5 nitrogen and oxygen atoms in total. The monoisotopic (exact) mass is 290 g/mol. The SMILES string of the molecule is COc1ccc(C2CNC(=O)N2C)cc1OC1CCCC1. The van der Waals surface area contributed by atoms with Crippen molar-refractivity contribution in [3.8, 4) is 11.5 Å². The normalized spacial score (nSPS) is 22.5. The second-order valence-corrected chi connectivity index (χ2v) is 5.75. The fourth-order valence-electron chi connectivity index (χ4n) is 3.11. The van der Waals surface area contributed by atoms with Crippen LogP contribution in [0, 0.1) is 0 Å². The van der Waals surface area contributed by atoms with Gasteiger partial charge >= 0.3 is 6.03 Å². The number of carbonyl (C=O) groups is 1. The van der Waals surface area contributed by atoms with Gasteiger partial charge in [-0.25, -0.2) is 4.79 Å². The quantitative estimate of drug-likeness (QED) is 0.927. The average molecular weight is 290 g/mol. The molecule has 1 aromatic carbocycles. The number of amides is 2. The molecule has 1 atom stereocenters. The van der Waals surface area contributed by atoms with Crippen LogP contribution < -0.4 is 14.8 Å². The van der Waals surface area contributed by atoms with Gasteiger partial charge in [0.25, 0.3) is 0 Å². The maximum absolute atomic E-state index is 11.6. The van der Waals surface area contributed by atoms with E-state index in [1.165, 1.54) is 12.8 Å². The zero-order valence-corrected chi connectivity index (χ0v) is 12.6. The van der Waals surface area contributed by atoms with Crippen molar-refractivity contribution >= 4 is 6.03 Å². The molecule has 0 spiro atoms. The third kappa shape index (κ3) is 2.77. The Hall–Kier alpha value is -1.91. The standard InChI is InChI=1S/C16H22N2O3/c1-18-13(10-17-16(18)19)11-7-8-14(20-2)15(9-11)21-12-5-3-4-6-12/h7-9,12-13H,3-6,10H2,1-2H3,(H,17,19). The van der Waals surface area contributed by atoms with Gasteiger partial charge in [0, 0.05) is 13.6 Å². The van der Waals surface area contributed by atoms with Crippen molar-refractivity contribution < 1.29 is 14.3 Å². The van der Waals surface area contributed by atoms with E-state index in [-0.39, 0.29) is 18.2 Å². The molecular formula is C16H22N2O3. The second-order valence-electron chi connectivity index (χ2n) is 5.75. The predicted octanol–water partition coefficient (Wildman–Crippen LogP) is 2.71. The van der Waals surface area contributed by atoms with Crippen LogP contribution in [0.1, 0.15) is 37.3 Å². The number of carbonyl (C=O) groups excluding carboxylic acids is 1. The zero-order chi connectivity index (χ0) is 14.8. The first-order valence-corrected chi connectivity index (χ1v) is 7.54. The van der Waals surface area contributed by atoms with Crippen LogP contribution in [0.15, 0.2) is 18.2 Å². The molecule has 3 rings (SSSR count). The van der Waals surface area contributed by atoms with Crippen molar-refractivity contribution in [2.75, 3.05) is 20.7 Å². The van der Waals surface area contributed by atoms with Crippen molar-refractivity contribution in [2.45, 2.75) is 37.8 Å². The van der Waals surface area contributed by atoms with Crippen LogP contribution in [-0.2, 0) is 0 Å². The Bertz CT molecular complexity index is 526. The average Bonchev–Trinajstić information content (AvgIpc) is 3.11. The smallest absolute Gasteiger partial charge is 0.317 e. The largest absolute Gasteiger partial charge is 0.493 e. The number of nitrogens with zero attached hydrogens (tertiary/aromatic N) is 1. The molecule has 1 unspecified atom stereocenters. The van der Waals surface area contributed by atoms with Crippen LogP contribution >= 0.6 is 0 Å². The Balaban J connectivity index is 1.83. The summed E-state index contributed by atoms with van der Waals surface area (Å²) in [6.45, 7) is 0.629. The summed E-state index contributed by atoms with van der Waals surface area (Å²) in [5.41, 5.74) is 1.07. The van der Waals surface area contributed by atoms with E-state index < -0.39 is 0 Å². The van der Waals surface area contributed by atoms with Crippen LogP contribution in [0.4, 0.5) is 4.79 Å². The molecule has 2 aliphatic rings. The van der Waals surface area contributed by atoms with E-state index in [0.29, 0.717) is 6.54 Å². The molecule has 0 radical (unpaired) electrons. The fourth-order valence-corrected chi connectivity index (χ4v) is 3.11. The van der Waals surface area contributed by atoms with Crippen LogP contribution in [0.25, 0.3) is 0 Å². The highest BCUT2D eigenvalue weighted by atomic mass is 16.5. The van der Waals surface area contributed by atoms with Crippen LogP contribution in [0.5, 0.6) is 11.5 Å². The van der Waals surface area contributed by atoms with E-state index in [2.05, 4.69) is 5.32 Å². The summed E-state index contributed by atoms with van der Waals surface area (Å²) in [6, 6.07) is 5.96. The molecule has 1 saturated carbocycles. The van der Waals surface area contributed by atoms with Crippen LogP contribution in [0.3, 0.4) is 0 Å². The van der Waals surface area contributed by atoms with Gasteiger partial charge < -0.3 is 19.7 Å². The molecule has 0 aromatic heterocycles. The Morgan fingerprint density at radius 1 is 1.24 bits per heavy atom. The lowest BCUT2D eigenvalue weighted by molar-refractivity contribution is 0.199. The van der Waals surface area contributed by atoms with E-state index in [1.54, 1.807) is 12.0 Å². The van der Waals surface area contributed by atoms with E-state index in [9.17, 15) is 4.79 Å². The number of methoxy groups -OCH3 is 1. The van der Waals surface area contributed by atoms with E-state index in [0.717, 1.165) is 29.9 Å². The molecular weight excluding hydrogens is 268 g/mol. The fraction of sp³-hybridized carbons (Fsp3) is 0.562. The molecule has 1 aliphatic carbocycles. The van der Waals surface area contributed by atoms with Crippen LogP contribution in [0.2, 0.25) is 0 Å². The van der Waals surface area contributed by atoms with Gasteiger partial charge in [-0.05, 0) is 43.4 Å². The highest BCUT2D eigenvalue weighted by Gasteiger charge is 2.29. The van der Waals surface area contributed by atoms with Gasteiger partial charge in [0.1, 0.15) is 0 Å². The lowest BCUT2D eigenvalue weighted by Crippen LogP contribution is -2.25. The van der Waals surface area contributed by atoms with Gasteiger partial charge in [0.05, 0.1) is 19.3 Å². The van der Waals surface area contributed by atoms with Crippen molar-refractivity contribution in [3.05, 3.63) is 23.8 Å². The first-order chi connectivity index (χ1) is 10.2. The zero-order valence-electron chi connectivity index (χ0n) is 12.6. The summed E-state index contributed by atoms with van der Waals surface area (Å²) in [7, 11) is 3.47. The maximum Gasteiger partial charge on any atom is 0.317 e. The Labute approximate surface area is 125 Å². The summed E-state index contributed by atoms with van der Waals surface area (Å²) in [4.78, 5) is 13.3. The summed E-state index contributed by atoms with van der Waals surface area (Å²) >= 11 is 0. The maximum atomic E-state index is 11.6. The minimum Gasteiger partial charge on any atom is -0.493 e. The number of ether oxygens (including phenoxy) is 2. The molecule has 1 aromatic rings. The molecule has 5 heteroatoms. The summed E-state index contributed by atoms with van der Waals surface area (Å²) < 4.78 is 11.5. The second kappa shape index (κ2) is 5.84. The Morgan fingerprint density at radius 2 is 2.00 bits per heavy atom. The van der Waals surface area contributed by atoms with E-state index in [4.69, 9.17) is 9.47 Å². The third-order valence-corrected chi connectivity index (χ3v) is 4.40. The van der Waals surface area contributed by atoms with Crippen molar-refractivity contribution in [2.24, 2.45) is 0 Å². The molecule has 2 amide bonds. The van der Waals surface area contributed by atoms with Crippen molar-refractivity contribution in [1.29, 1.82) is 0 Å². The predicted molar refractivity (Wildman–Crippen MR) is 79.8 cm³/mol. The van der Waals surface area contributed by atoms with Crippen molar-refractivity contribution in [1.82, 2.24) is 10.2 Å². The minimum absolute atomic E-state index is 0.0333. The molecule has 2 fully saturated rings. The molecule has 114 valence electrons. The molecule has 1 N–H and O–H groups in total. The number of nitrogens with one attached hydrogen (secondary N) is 1. The van der Waals surface area contributed by atoms with Gasteiger partial charge in [0.15, 0.2) is 11.5 Å². The summed E-state index contributed by atoms with van der Waals surface area (Å²) in [5, 5.41) is 2.85. The number of urea groups is 1. The van der Waals surface area contributed by atoms with E-state index >= 15 is 0 Å². The third-order valence-electron chi connectivity index (χ3n) is 4.40. The van der Waals surface area contributed by atoms with Gasteiger partial charge in [-0.2, -0.15) is 0 Å². The van der Waals surface area contributed by atoms with E-state index in [1.807, 2.05) is 25.2 Å². The molecule has 1 saturated heterocycles. The lowest BCUT2D eigenvalue weighted by atomic mass is 10.1. The molecule has 1 aliphatic heterocycles. The molecule has 1 heterocycles. The topological polar surface area (TPSA) is 50.8 Å². The number of benzene rings is 1. The number of likely N-dealkylation sites (N-methyl/N-ethyl adjacent to an activating group) is 1. The van der Waals surface area contributed by atoms with Crippen molar-refractivity contribution in [3.63, 3.8) is 0 Å². The van der Waals surface area contributed by atoms with Gasteiger partial charge in [0.2, 0.25) is 0 Å². The minimum atomic E-state index is -0.0333. The Morgan fingerprint density at radius 3 is 2.62 bits per heavy atom. The molecule has 21 heavy (non-hydrogen) atoms.